The monoisotopic (exact) mass is 261 g/mol. The molecule has 1 aliphatic rings. The predicted molar refractivity (Wildman–Crippen MR) is 59.0 cm³/mol. The molecule has 89 valence electrons. The molecule has 10 heteroatoms. The molecule has 1 fully saturated rings. The number of carbonyl (C=O) groups excluding carboxylic acids is 2. The molecule has 18 heavy (non-hydrogen) atoms. The normalized spacial score (nSPS) is 14.8. The summed E-state index contributed by atoms with van der Waals surface area (Å²) in [5.41, 5.74) is 0. The van der Waals surface area contributed by atoms with E-state index in [1.54, 1.807) is 0 Å². The average Bonchev–Trinajstić information content (AvgIpc) is 2.82. The summed E-state index contributed by atoms with van der Waals surface area (Å²) < 4.78 is 4.78. The molecule has 0 saturated carbocycles. The molecule has 1 saturated heterocycles. The Hall–Kier alpha value is -1.71. The summed E-state index contributed by atoms with van der Waals surface area (Å²) in [6, 6.07) is 1.85. The first-order valence-electron chi connectivity index (χ1n) is 4.46. The van der Waals surface area contributed by atoms with Crippen molar-refractivity contribution >= 4 is 53.6 Å². The van der Waals surface area contributed by atoms with Crippen molar-refractivity contribution in [1.82, 2.24) is 10.3 Å². The Balaban J connectivity index is 0.00000162. The second-order valence-electron chi connectivity index (χ2n) is 3.09. The van der Waals surface area contributed by atoms with E-state index in [0.717, 1.165) is 17.3 Å². The number of imide groups is 1. The predicted octanol–water partition coefficient (Wildman–Crippen LogP) is -0.307. The quantitative estimate of drug-likeness (QED) is 0.263. The van der Waals surface area contributed by atoms with E-state index in [4.69, 9.17) is 4.42 Å². The number of amides is 3. The number of nitrogens with one attached hydrogen (secondary N) is 1. The molecule has 0 aromatic carbocycles. The molecule has 9 nitrogen and oxygen atoms in total. The molecule has 1 N–H and O–H groups in total. The van der Waals surface area contributed by atoms with Crippen molar-refractivity contribution in [3.63, 3.8) is 0 Å². The van der Waals surface area contributed by atoms with Crippen LogP contribution in [-0.2, 0) is 4.79 Å². The minimum Gasteiger partial charge on any atom is -0.400 e. The number of carbonyl (C=O) groups is 2. The van der Waals surface area contributed by atoms with Crippen molar-refractivity contribution in [3.05, 3.63) is 28.0 Å². The van der Waals surface area contributed by atoms with Crippen molar-refractivity contribution < 1.29 is 18.9 Å². The zero-order chi connectivity index (χ0) is 12.4. The van der Waals surface area contributed by atoms with Crippen LogP contribution in [0.15, 0.2) is 21.7 Å². The molecule has 1 radical (unpaired) electrons. The summed E-state index contributed by atoms with van der Waals surface area (Å²) in [4.78, 5) is 31.5. The van der Waals surface area contributed by atoms with Gasteiger partial charge in [-0.15, -0.1) is 0 Å². The van der Waals surface area contributed by atoms with Gasteiger partial charge in [0.2, 0.25) is 5.91 Å². The van der Waals surface area contributed by atoms with Crippen LogP contribution in [0.5, 0.6) is 0 Å². The number of urea groups is 1. The number of nitrogens with zero attached hydrogens (tertiary/aromatic N) is 3. The zero-order valence-electron chi connectivity index (χ0n) is 9.32. The van der Waals surface area contributed by atoms with Crippen LogP contribution < -0.4 is 5.32 Å². The third-order valence-electron chi connectivity index (χ3n) is 1.89. The Labute approximate surface area is 122 Å². The van der Waals surface area contributed by atoms with Gasteiger partial charge in [0.1, 0.15) is 11.5 Å². The Morgan fingerprint density at radius 1 is 1.50 bits per heavy atom. The van der Waals surface area contributed by atoms with Crippen molar-refractivity contribution in [3.8, 4) is 0 Å². The van der Waals surface area contributed by atoms with Gasteiger partial charge in [-0.2, -0.15) is 5.10 Å². The molecule has 2 rings (SSSR count). The molecule has 1 aliphatic heterocycles. The van der Waals surface area contributed by atoms with Crippen LogP contribution in [0.4, 0.5) is 10.7 Å². The zero-order valence-corrected chi connectivity index (χ0v) is 11.3. The molecule has 0 atom stereocenters. The molecule has 1 aromatic heterocycles. The Kier molecular flexibility index (Phi) is 4.59. The van der Waals surface area contributed by atoms with E-state index < -0.39 is 22.7 Å². The number of nitro groups is 1. The third kappa shape index (κ3) is 3.15. The fourth-order valence-electron chi connectivity index (χ4n) is 1.16. The first kappa shape index (κ1) is 14.4. The molecule has 0 bridgehead atoms. The van der Waals surface area contributed by atoms with Crippen molar-refractivity contribution in [2.24, 2.45) is 5.10 Å². The molecule has 0 aliphatic carbocycles. The Bertz CT molecular complexity index is 525. The molecule has 1 aromatic rings. The molecular weight excluding hydrogens is 255 g/mol. The van der Waals surface area contributed by atoms with E-state index >= 15 is 0 Å². The first-order chi connectivity index (χ1) is 8.06. The molecule has 0 unspecified atom stereocenters. The summed E-state index contributed by atoms with van der Waals surface area (Å²) in [6.07, 6.45) is 1.12. The van der Waals surface area contributed by atoms with Gasteiger partial charge >= 0.3 is 11.9 Å². The van der Waals surface area contributed by atoms with Gasteiger partial charge in [0.05, 0.1) is 12.3 Å². The van der Waals surface area contributed by atoms with Crippen LogP contribution in [0.25, 0.3) is 0 Å². The van der Waals surface area contributed by atoms with Gasteiger partial charge in [-0.05, 0) is 6.07 Å². The van der Waals surface area contributed by atoms with Gasteiger partial charge in [-0.25, -0.2) is 9.80 Å². The number of furan rings is 1. The van der Waals surface area contributed by atoms with E-state index in [0.29, 0.717) is 0 Å². The largest absolute Gasteiger partial charge is 0.433 e. The Morgan fingerprint density at radius 3 is 2.72 bits per heavy atom. The summed E-state index contributed by atoms with van der Waals surface area (Å²) in [5, 5.41) is 16.9. The number of hydrazone groups is 1. The fraction of sp³-hybridized carbons (Fsp3) is 0.125. The van der Waals surface area contributed by atoms with E-state index in [1.807, 2.05) is 5.32 Å². The number of rotatable bonds is 3. The molecule has 3 amide bonds. The van der Waals surface area contributed by atoms with Crippen LogP contribution in [0.3, 0.4) is 0 Å². The number of hydrogen-bond donors (Lipinski definition) is 1. The van der Waals surface area contributed by atoms with Gasteiger partial charge in [0, 0.05) is 29.6 Å². The van der Waals surface area contributed by atoms with E-state index in [2.05, 4.69) is 5.10 Å². The maximum absolute atomic E-state index is 11.1. The van der Waals surface area contributed by atoms with E-state index in [1.165, 1.54) is 6.07 Å². The van der Waals surface area contributed by atoms with Crippen LogP contribution in [0.2, 0.25) is 0 Å². The van der Waals surface area contributed by atoms with Crippen molar-refractivity contribution in [1.29, 1.82) is 0 Å². The summed E-state index contributed by atoms with van der Waals surface area (Å²) in [5.74, 6) is -0.769. The van der Waals surface area contributed by atoms with Gasteiger partial charge in [-0.1, -0.05) is 0 Å². The molecule has 0 spiro atoms. The van der Waals surface area contributed by atoms with E-state index in [-0.39, 0.29) is 41.9 Å². The standard InChI is InChI=1S/C8H6N4O5.Na/c13-6-4-11(8(14)10-6)9-3-5-1-2-7(17-5)12(15)16;/h1-3H,4H2,(H,10,13,14);/b9-3+;. The van der Waals surface area contributed by atoms with Gasteiger partial charge < -0.3 is 4.42 Å². The minimum atomic E-state index is -0.691. The van der Waals surface area contributed by atoms with Crippen molar-refractivity contribution in [2.45, 2.75) is 0 Å². The number of hydrogen-bond acceptors (Lipinski definition) is 6. The maximum atomic E-state index is 11.1. The van der Waals surface area contributed by atoms with Crippen LogP contribution in [0, 0.1) is 10.1 Å². The second-order valence-corrected chi connectivity index (χ2v) is 3.09. The summed E-state index contributed by atoms with van der Waals surface area (Å²) in [6.45, 7) is -0.182. The maximum Gasteiger partial charge on any atom is 0.433 e. The summed E-state index contributed by atoms with van der Waals surface area (Å²) in [7, 11) is 0. The third-order valence-corrected chi connectivity index (χ3v) is 1.89. The van der Waals surface area contributed by atoms with Crippen LogP contribution >= 0.6 is 0 Å². The van der Waals surface area contributed by atoms with Crippen molar-refractivity contribution in [2.75, 3.05) is 6.54 Å². The minimum absolute atomic E-state index is 0. The van der Waals surface area contributed by atoms with E-state index in [9.17, 15) is 19.7 Å². The van der Waals surface area contributed by atoms with Gasteiger partial charge in [-0.3, -0.25) is 20.2 Å². The molecule has 2 heterocycles. The fourth-order valence-corrected chi connectivity index (χ4v) is 1.16. The summed E-state index contributed by atoms with van der Waals surface area (Å²) >= 11 is 0. The van der Waals surface area contributed by atoms with Crippen LogP contribution in [-0.4, -0.2) is 64.2 Å². The van der Waals surface area contributed by atoms with Gasteiger partial charge in [0.25, 0.3) is 0 Å². The second kappa shape index (κ2) is 5.76. The first-order valence-corrected chi connectivity index (χ1v) is 4.46. The van der Waals surface area contributed by atoms with Gasteiger partial charge in [0.15, 0.2) is 5.76 Å². The topological polar surface area (TPSA) is 118 Å². The van der Waals surface area contributed by atoms with Crippen LogP contribution in [0.1, 0.15) is 5.76 Å². The Morgan fingerprint density at radius 2 is 2.22 bits per heavy atom. The molecular formula is C8H6N4NaO5. The SMILES string of the molecule is O=C1CN(/N=C/c2ccc([N+](=O)[O-])o2)C(=O)N1.[Na]. The smallest absolute Gasteiger partial charge is 0.400 e. The average molecular weight is 261 g/mol.